The van der Waals surface area contributed by atoms with E-state index < -0.39 is 0 Å². The summed E-state index contributed by atoms with van der Waals surface area (Å²) in [6.45, 7) is 8.36. The first-order valence-electron chi connectivity index (χ1n) is 10.8. The van der Waals surface area contributed by atoms with E-state index >= 15 is 0 Å². The maximum atomic E-state index is 6.06. The first-order valence-corrected chi connectivity index (χ1v) is 10.8. The van der Waals surface area contributed by atoms with Crippen LogP contribution in [0.1, 0.15) is 31.7 Å². The highest BCUT2D eigenvalue weighted by atomic mass is 16.5. The summed E-state index contributed by atoms with van der Waals surface area (Å²) in [5.41, 5.74) is 1.38. The summed E-state index contributed by atoms with van der Waals surface area (Å²) in [5, 5.41) is 7.12. The van der Waals surface area contributed by atoms with E-state index in [-0.39, 0.29) is 6.10 Å². The van der Waals surface area contributed by atoms with Crippen LogP contribution in [0.25, 0.3) is 0 Å². The van der Waals surface area contributed by atoms with Crippen molar-refractivity contribution in [2.45, 2.75) is 57.0 Å². The molecule has 0 spiro atoms. The Bertz CT molecular complexity index is 652. The molecule has 0 saturated carbocycles. The summed E-state index contributed by atoms with van der Waals surface area (Å²) in [7, 11) is 1.85. The van der Waals surface area contributed by atoms with Crippen LogP contribution in [0.3, 0.4) is 0 Å². The topological polar surface area (TPSA) is 52.1 Å². The number of nitrogens with one attached hydrogen (secondary N) is 2. The number of hydrogen-bond donors (Lipinski definition) is 2. The van der Waals surface area contributed by atoms with Gasteiger partial charge in [0.2, 0.25) is 0 Å². The molecule has 4 atom stereocenters. The van der Waals surface area contributed by atoms with Gasteiger partial charge >= 0.3 is 0 Å². The number of hydrogen-bond acceptors (Lipinski definition) is 4. The minimum Gasteiger partial charge on any atom is -0.373 e. The number of benzene rings is 1. The first-order chi connectivity index (χ1) is 13.7. The quantitative estimate of drug-likeness (QED) is 0.597. The molecule has 1 aromatic rings. The fraction of sp³-hybridized carbons (Fsp3) is 0.682. The predicted molar refractivity (Wildman–Crippen MR) is 114 cm³/mol. The Balaban J connectivity index is 1.22. The lowest BCUT2D eigenvalue weighted by molar-refractivity contribution is -0.0453. The van der Waals surface area contributed by atoms with Crippen LogP contribution in [-0.4, -0.2) is 79.8 Å². The normalized spacial score (nSPS) is 31.7. The zero-order valence-corrected chi connectivity index (χ0v) is 17.3. The number of aliphatic imine (C=N–C) groups is 1. The van der Waals surface area contributed by atoms with Gasteiger partial charge in [0.1, 0.15) is 0 Å². The Kier molecular flexibility index (Phi) is 6.50. The second-order valence-electron chi connectivity index (χ2n) is 8.54. The van der Waals surface area contributed by atoms with Crippen molar-refractivity contribution >= 4 is 5.96 Å². The molecule has 6 heteroatoms. The molecule has 0 bridgehead atoms. The molecular formula is C22H35N5O. The number of rotatable bonds is 5. The lowest BCUT2D eigenvalue weighted by Gasteiger charge is -2.35. The molecule has 154 valence electrons. The highest BCUT2D eigenvalue weighted by Crippen LogP contribution is 2.22. The molecule has 3 heterocycles. The number of nitrogens with zero attached hydrogens (tertiary/aromatic N) is 3. The van der Waals surface area contributed by atoms with Crippen molar-refractivity contribution < 1.29 is 4.74 Å². The number of ether oxygens (including phenoxy) is 1. The van der Waals surface area contributed by atoms with Crippen LogP contribution in [0.5, 0.6) is 0 Å². The molecular weight excluding hydrogens is 350 g/mol. The Morgan fingerprint density at radius 3 is 2.93 bits per heavy atom. The van der Waals surface area contributed by atoms with Gasteiger partial charge in [0, 0.05) is 51.4 Å². The van der Waals surface area contributed by atoms with Crippen molar-refractivity contribution in [1.82, 2.24) is 20.4 Å². The zero-order chi connectivity index (χ0) is 19.3. The van der Waals surface area contributed by atoms with Gasteiger partial charge in [-0.15, -0.1) is 0 Å². The summed E-state index contributed by atoms with van der Waals surface area (Å²) >= 11 is 0. The van der Waals surface area contributed by atoms with Gasteiger partial charge in [-0.25, -0.2) is 0 Å². The van der Waals surface area contributed by atoms with Gasteiger partial charge in [-0.3, -0.25) is 14.8 Å². The third-order valence-corrected chi connectivity index (χ3v) is 6.46. The summed E-state index contributed by atoms with van der Waals surface area (Å²) in [4.78, 5) is 9.59. The molecule has 0 amide bonds. The molecule has 4 unspecified atom stereocenters. The van der Waals surface area contributed by atoms with Crippen LogP contribution in [0, 0.1) is 0 Å². The molecule has 2 N–H and O–H groups in total. The van der Waals surface area contributed by atoms with Gasteiger partial charge in [0.05, 0.1) is 12.7 Å². The Labute approximate surface area is 169 Å². The standard InChI is InChI=1S/C22H35N5O/c1-17-11-19(14-27(17)13-18-7-4-3-5-8-18)25-22(23-2)24-12-21-15-26-10-6-9-20(26)16-28-21/h3-5,7-8,17,19-21H,6,9-16H2,1-2H3,(H2,23,24,25). The van der Waals surface area contributed by atoms with E-state index in [0.717, 1.165) is 45.2 Å². The zero-order valence-electron chi connectivity index (χ0n) is 17.3. The number of fused-ring (bicyclic) bond motifs is 1. The van der Waals surface area contributed by atoms with E-state index in [1.807, 2.05) is 7.05 Å². The molecule has 3 fully saturated rings. The summed E-state index contributed by atoms with van der Waals surface area (Å²) in [6, 6.07) is 12.4. The van der Waals surface area contributed by atoms with Gasteiger partial charge in [-0.05, 0) is 38.3 Å². The molecule has 28 heavy (non-hydrogen) atoms. The predicted octanol–water partition coefficient (Wildman–Crippen LogP) is 1.68. The van der Waals surface area contributed by atoms with Gasteiger partial charge in [0.15, 0.2) is 5.96 Å². The molecule has 0 aliphatic carbocycles. The van der Waals surface area contributed by atoms with Crippen LogP contribution in [-0.2, 0) is 11.3 Å². The number of morpholine rings is 1. The highest BCUT2D eigenvalue weighted by molar-refractivity contribution is 5.80. The smallest absolute Gasteiger partial charge is 0.191 e. The Hall–Kier alpha value is -1.63. The number of likely N-dealkylation sites (tertiary alicyclic amines) is 1. The highest BCUT2D eigenvalue weighted by Gasteiger charge is 2.33. The summed E-state index contributed by atoms with van der Waals surface area (Å²) in [6.07, 6.45) is 4.01. The van der Waals surface area contributed by atoms with Crippen molar-refractivity contribution in [3.8, 4) is 0 Å². The average Bonchev–Trinajstić information content (AvgIpc) is 3.32. The van der Waals surface area contributed by atoms with E-state index in [9.17, 15) is 0 Å². The van der Waals surface area contributed by atoms with E-state index in [1.165, 1.54) is 24.9 Å². The maximum absolute atomic E-state index is 6.06. The second kappa shape index (κ2) is 9.25. The van der Waals surface area contributed by atoms with Crippen molar-refractivity contribution in [1.29, 1.82) is 0 Å². The van der Waals surface area contributed by atoms with E-state index in [4.69, 9.17) is 4.74 Å². The van der Waals surface area contributed by atoms with Gasteiger partial charge in [-0.1, -0.05) is 30.3 Å². The fourth-order valence-electron chi connectivity index (χ4n) is 4.85. The monoisotopic (exact) mass is 385 g/mol. The molecule has 6 nitrogen and oxygen atoms in total. The third kappa shape index (κ3) is 4.85. The fourth-order valence-corrected chi connectivity index (χ4v) is 4.85. The minimum absolute atomic E-state index is 0.255. The van der Waals surface area contributed by atoms with Gasteiger partial charge < -0.3 is 15.4 Å². The molecule has 0 radical (unpaired) electrons. The summed E-state index contributed by atoms with van der Waals surface area (Å²) in [5.74, 6) is 0.894. The van der Waals surface area contributed by atoms with Crippen LogP contribution in [0.2, 0.25) is 0 Å². The minimum atomic E-state index is 0.255. The Morgan fingerprint density at radius 2 is 2.11 bits per heavy atom. The van der Waals surface area contributed by atoms with E-state index in [0.29, 0.717) is 18.1 Å². The van der Waals surface area contributed by atoms with Crippen molar-refractivity contribution in [2.24, 2.45) is 4.99 Å². The second-order valence-corrected chi connectivity index (χ2v) is 8.54. The molecule has 0 aromatic heterocycles. The Morgan fingerprint density at radius 1 is 1.25 bits per heavy atom. The molecule has 3 saturated heterocycles. The van der Waals surface area contributed by atoms with Crippen molar-refractivity contribution in [3.63, 3.8) is 0 Å². The first kappa shape index (κ1) is 19.7. The maximum Gasteiger partial charge on any atom is 0.191 e. The van der Waals surface area contributed by atoms with Crippen LogP contribution >= 0.6 is 0 Å². The van der Waals surface area contributed by atoms with E-state index in [1.54, 1.807) is 0 Å². The average molecular weight is 386 g/mol. The molecule has 4 rings (SSSR count). The number of guanidine groups is 1. The molecule has 1 aromatic carbocycles. The van der Waals surface area contributed by atoms with Crippen molar-refractivity contribution in [3.05, 3.63) is 35.9 Å². The summed E-state index contributed by atoms with van der Waals surface area (Å²) < 4.78 is 6.06. The SMILES string of the molecule is CN=C(NCC1CN2CCCC2CO1)NC1CC(C)N(Cc2ccccc2)C1. The molecule has 3 aliphatic rings. The van der Waals surface area contributed by atoms with Gasteiger partial charge in [0.25, 0.3) is 0 Å². The van der Waals surface area contributed by atoms with Gasteiger partial charge in [-0.2, -0.15) is 0 Å². The van der Waals surface area contributed by atoms with Crippen LogP contribution in [0.4, 0.5) is 0 Å². The third-order valence-electron chi connectivity index (χ3n) is 6.46. The van der Waals surface area contributed by atoms with E-state index in [2.05, 4.69) is 62.7 Å². The lowest BCUT2D eigenvalue weighted by Crippen LogP contribution is -2.52. The van der Waals surface area contributed by atoms with Crippen LogP contribution < -0.4 is 10.6 Å². The van der Waals surface area contributed by atoms with Crippen LogP contribution in [0.15, 0.2) is 35.3 Å². The lowest BCUT2D eigenvalue weighted by atomic mass is 10.2. The van der Waals surface area contributed by atoms with Crippen molar-refractivity contribution in [2.75, 3.05) is 39.8 Å². The molecule has 3 aliphatic heterocycles. The largest absolute Gasteiger partial charge is 0.373 e.